The average Bonchev–Trinajstić information content (AvgIpc) is 2.55. The van der Waals surface area contributed by atoms with E-state index in [0.717, 1.165) is 35.2 Å². The van der Waals surface area contributed by atoms with Crippen LogP contribution >= 0.6 is 0 Å². The smallest absolute Gasteiger partial charge is 0.0991 e. The number of hydrogen-bond acceptors (Lipinski definition) is 3. The van der Waals surface area contributed by atoms with E-state index in [1.165, 1.54) is 0 Å². The van der Waals surface area contributed by atoms with Gasteiger partial charge in [-0.25, -0.2) is 0 Å². The maximum Gasteiger partial charge on any atom is 0.0991 e. The third kappa shape index (κ3) is 3.25. The number of pyridine rings is 1. The molecule has 102 valence electrons. The summed E-state index contributed by atoms with van der Waals surface area (Å²) in [7, 11) is 0. The number of nitrogens with one attached hydrogen (secondary N) is 1. The summed E-state index contributed by atoms with van der Waals surface area (Å²) in [6, 6.07) is 22.0. The third-order valence-corrected chi connectivity index (χ3v) is 3.37. The fraction of sp³-hybridized carbons (Fsp3) is 0.111. The first-order valence-electron chi connectivity index (χ1n) is 6.89. The maximum atomic E-state index is 8.77. The molecule has 0 fully saturated rings. The molecular formula is C18H15N3. The molecule has 3 aromatic rings. The first kappa shape index (κ1) is 13.3. The normalized spacial score (nSPS) is 10.4. The van der Waals surface area contributed by atoms with E-state index in [1.807, 2.05) is 48.5 Å². The molecule has 0 bridgehead atoms. The van der Waals surface area contributed by atoms with E-state index in [2.05, 4.69) is 28.5 Å². The van der Waals surface area contributed by atoms with Gasteiger partial charge in [-0.05, 0) is 29.8 Å². The molecule has 0 amide bonds. The number of para-hydroxylation sites is 1. The second-order valence-electron chi connectivity index (χ2n) is 4.91. The molecule has 2 aromatic carbocycles. The second-order valence-corrected chi connectivity index (χ2v) is 4.91. The molecule has 1 aromatic heterocycles. The van der Waals surface area contributed by atoms with E-state index in [9.17, 15) is 0 Å². The Morgan fingerprint density at radius 1 is 0.905 bits per heavy atom. The summed E-state index contributed by atoms with van der Waals surface area (Å²) in [4.78, 5) is 4.63. The molecule has 3 rings (SSSR count). The summed E-state index contributed by atoms with van der Waals surface area (Å²) in [5.74, 6) is 0. The zero-order chi connectivity index (χ0) is 14.5. The Morgan fingerprint density at radius 3 is 2.52 bits per heavy atom. The Hall–Kier alpha value is -2.70. The van der Waals surface area contributed by atoms with E-state index >= 15 is 0 Å². The molecule has 0 radical (unpaired) electrons. The van der Waals surface area contributed by atoms with Gasteiger partial charge in [-0.15, -0.1) is 0 Å². The lowest BCUT2D eigenvalue weighted by molar-refractivity contribution is 0.682. The molecule has 3 heteroatoms. The summed E-state index contributed by atoms with van der Waals surface area (Å²) in [5, 5.41) is 13.3. The Balaban J connectivity index is 1.62. The molecular weight excluding hydrogens is 258 g/mol. The van der Waals surface area contributed by atoms with Crippen molar-refractivity contribution < 1.29 is 0 Å². The van der Waals surface area contributed by atoms with E-state index in [4.69, 9.17) is 5.26 Å². The molecule has 0 aliphatic carbocycles. The summed E-state index contributed by atoms with van der Waals surface area (Å²) in [5.41, 5.74) is 3.90. The van der Waals surface area contributed by atoms with E-state index in [0.29, 0.717) is 5.56 Å². The summed E-state index contributed by atoms with van der Waals surface area (Å²) < 4.78 is 0. The van der Waals surface area contributed by atoms with Gasteiger partial charge in [0.2, 0.25) is 0 Å². The predicted octanol–water partition coefficient (Wildman–Crippen LogP) is 3.40. The minimum atomic E-state index is 0.690. The highest BCUT2D eigenvalue weighted by Gasteiger charge is 1.98. The molecule has 0 spiro atoms. The molecule has 1 N–H and O–H groups in total. The first-order chi connectivity index (χ1) is 10.3. The van der Waals surface area contributed by atoms with Crippen LogP contribution in [0.5, 0.6) is 0 Å². The van der Waals surface area contributed by atoms with Crippen LogP contribution in [0, 0.1) is 11.3 Å². The fourth-order valence-corrected chi connectivity index (χ4v) is 2.24. The molecule has 0 aliphatic rings. The van der Waals surface area contributed by atoms with Crippen LogP contribution in [0.1, 0.15) is 16.8 Å². The van der Waals surface area contributed by atoms with Crippen LogP contribution in [0.4, 0.5) is 0 Å². The van der Waals surface area contributed by atoms with Crippen molar-refractivity contribution in [3.8, 4) is 6.07 Å². The highest BCUT2D eigenvalue weighted by molar-refractivity contribution is 5.78. The van der Waals surface area contributed by atoms with Gasteiger partial charge in [0, 0.05) is 18.5 Å². The molecule has 0 saturated carbocycles. The van der Waals surface area contributed by atoms with Crippen molar-refractivity contribution in [2.45, 2.75) is 13.1 Å². The van der Waals surface area contributed by atoms with E-state index in [1.54, 1.807) is 0 Å². The average molecular weight is 273 g/mol. The first-order valence-corrected chi connectivity index (χ1v) is 6.89. The van der Waals surface area contributed by atoms with Crippen LogP contribution < -0.4 is 5.32 Å². The van der Waals surface area contributed by atoms with Crippen molar-refractivity contribution >= 4 is 10.9 Å². The molecule has 0 saturated heterocycles. The lowest BCUT2D eigenvalue weighted by atomic mass is 10.1. The van der Waals surface area contributed by atoms with Crippen molar-refractivity contribution in [3.63, 3.8) is 0 Å². The number of fused-ring (bicyclic) bond motifs is 1. The topological polar surface area (TPSA) is 48.7 Å². The lowest BCUT2D eigenvalue weighted by Gasteiger charge is -2.06. The lowest BCUT2D eigenvalue weighted by Crippen LogP contribution is -2.13. The number of nitrogens with zero attached hydrogens (tertiary/aromatic N) is 2. The second kappa shape index (κ2) is 6.17. The molecule has 0 unspecified atom stereocenters. The van der Waals surface area contributed by atoms with Crippen molar-refractivity contribution in [1.82, 2.24) is 10.3 Å². The number of hydrogen-bond donors (Lipinski definition) is 1. The minimum absolute atomic E-state index is 0.690. The van der Waals surface area contributed by atoms with Crippen LogP contribution in [0.25, 0.3) is 10.9 Å². The van der Waals surface area contributed by atoms with Crippen LogP contribution in [-0.4, -0.2) is 4.98 Å². The highest BCUT2D eigenvalue weighted by atomic mass is 14.9. The number of rotatable bonds is 4. The molecule has 0 aliphatic heterocycles. The quantitative estimate of drug-likeness (QED) is 0.792. The Kier molecular flexibility index (Phi) is 3.90. The van der Waals surface area contributed by atoms with Gasteiger partial charge >= 0.3 is 0 Å². The minimum Gasteiger partial charge on any atom is -0.307 e. The van der Waals surface area contributed by atoms with Gasteiger partial charge in [0.1, 0.15) is 0 Å². The third-order valence-electron chi connectivity index (χ3n) is 3.37. The molecule has 3 nitrogen and oxygen atoms in total. The van der Waals surface area contributed by atoms with Crippen LogP contribution in [0.15, 0.2) is 60.7 Å². The summed E-state index contributed by atoms with van der Waals surface area (Å²) >= 11 is 0. The Bertz CT molecular complexity index is 785. The zero-order valence-corrected chi connectivity index (χ0v) is 11.6. The number of benzene rings is 2. The maximum absolute atomic E-state index is 8.77. The van der Waals surface area contributed by atoms with Crippen molar-refractivity contribution in [3.05, 3.63) is 77.5 Å². The highest BCUT2D eigenvalue weighted by Crippen LogP contribution is 2.11. The zero-order valence-electron chi connectivity index (χ0n) is 11.6. The van der Waals surface area contributed by atoms with Crippen LogP contribution in [-0.2, 0) is 13.1 Å². The predicted molar refractivity (Wildman–Crippen MR) is 83.4 cm³/mol. The van der Waals surface area contributed by atoms with Crippen LogP contribution in [0.3, 0.4) is 0 Å². The van der Waals surface area contributed by atoms with Gasteiger partial charge in [0.15, 0.2) is 0 Å². The molecule has 21 heavy (non-hydrogen) atoms. The molecule has 0 atom stereocenters. The van der Waals surface area contributed by atoms with Gasteiger partial charge in [0.05, 0.1) is 22.8 Å². The van der Waals surface area contributed by atoms with Gasteiger partial charge < -0.3 is 5.32 Å². The largest absolute Gasteiger partial charge is 0.307 e. The summed E-state index contributed by atoms with van der Waals surface area (Å²) in [6.45, 7) is 1.49. The Morgan fingerprint density at radius 2 is 1.71 bits per heavy atom. The van der Waals surface area contributed by atoms with Crippen molar-refractivity contribution in [2.24, 2.45) is 0 Å². The SMILES string of the molecule is N#Cc1ccc(CNCc2ccc3ccccc3n2)cc1. The van der Waals surface area contributed by atoms with Gasteiger partial charge in [-0.2, -0.15) is 5.26 Å². The number of aromatic nitrogens is 1. The van der Waals surface area contributed by atoms with Gasteiger partial charge in [-0.1, -0.05) is 36.4 Å². The fourth-order valence-electron chi connectivity index (χ4n) is 2.24. The van der Waals surface area contributed by atoms with Crippen molar-refractivity contribution in [2.75, 3.05) is 0 Å². The summed E-state index contributed by atoms with van der Waals surface area (Å²) in [6.07, 6.45) is 0. The van der Waals surface area contributed by atoms with Crippen molar-refractivity contribution in [1.29, 1.82) is 5.26 Å². The molecule has 1 heterocycles. The van der Waals surface area contributed by atoms with E-state index in [-0.39, 0.29) is 0 Å². The standard InChI is InChI=1S/C18H15N3/c19-11-14-5-7-15(8-6-14)12-20-13-17-10-9-16-3-1-2-4-18(16)21-17/h1-10,20H,12-13H2. The Labute approximate surface area is 123 Å². The monoisotopic (exact) mass is 273 g/mol. The van der Waals surface area contributed by atoms with E-state index < -0.39 is 0 Å². The van der Waals surface area contributed by atoms with Gasteiger partial charge in [0.25, 0.3) is 0 Å². The number of nitriles is 1. The van der Waals surface area contributed by atoms with Gasteiger partial charge in [-0.3, -0.25) is 4.98 Å². The van der Waals surface area contributed by atoms with Crippen LogP contribution in [0.2, 0.25) is 0 Å².